The standard InChI is InChI=1S/C36H39N3OS/c1-6-26-14-10-11-15-30(26)39-31-18-36(4,5)19-32(40)34(31)33(29(20-37)35(39)38)28-17-27(23(2)16-24(28)3)22-41-21-25-12-8-7-9-13-25/h7-17,33H,6,18-19,21-22,38H2,1-5H3. The van der Waals surface area contributed by atoms with Crippen LogP contribution in [0.2, 0.25) is 0 Å². The van der Waals surface area contributed by atoms with E-state index in [0.29, 0.717) is 24.2 Å². The summed E-state index contributed by atoms with van der Waals surface area (Å²) in [4.78, 5) is 16.1. The number of allylic oxidation sites excluding steroid dienone is 3. The molecule has 0 aromatic heterocycles. The summed E-state index contributed by atoms with van der Waals surface area (Å²) in [7, 11) is 0. The molecule has 0 saturated carbocycles. The summed E-state index contributed by atoms with van der Waals surface area (Å²) in [5.74, 6) is 1.85. The van der Waals surface area contributed by atoms with Gasteiger partial charge in [-0.2, -0.15) is 17.0 Å². The van der Waals surface area contributed by atoms with Crippen molar-refractivity contribution in [2.24, 2.45) is 11.1 Å². The van der Waals surface area contributed by atoms with Crippen LogP contribution in [0.5, 0.6) is 0 Å². The Morgan fingerprint density at radius 3 is 2.39 bits per heavy atom. The molecule has 0 saturated heterocycles. The molecule has 2 aliphatic rings. The van der Waals surface area contributed by atoms with Gasteiger partial charge in [0.2, 0.25) is 0 Å². The highest BCUT2D eigenvalue weighted by molar-refractivity contribution is 7.97. The van der Waals surface area contributed by atoms with Crippen LogP contribution in [0.25, 0.3) is 0 Å². The number of carbonyl (C=O) groups excluding carboxylic acids is 1. The Hall–Kier alpha value is -3.75. The number of nitrogens with zero attached hydrogens (tertiary/aromatic N) is 2. The Kier molecular flexibility index (Phi) is 8.16. The van der Waals surface area contributed by atoms with Gasteiger partial charge in [-0.25, -0.2) is 0 Å². The van der Waals surface area contributed by atoms with Gasteiger partial charge in [-0.05, 0) is 71.6 Å². The van der Waals surface area contributed by atoms with E-state index in [1.54, 1.807) is 0 Å². The summed E-state index contributed by atoms with van der Waals surface area (Å²) < 4.78 is 0. The fraction of sp³-hybridized carbons (Fsp3) is 0.333. The lowest BCUT2D eigenvalue weighted by atomic mass is 9.68. The van der Waals surface area contributed by atoms with Crippen molar-refractivity contribution < 1.29 is 4.79 Å². The zero-order valence-electron chi connectivity index (χ0n) is 24.8. The highest BCUT2D eigenvalue weighted by Crippen LogP contribution is 2.51. The van der Waals surface area contributed by atoms with Crippen molar-refractivity contribution in [3.05, 3.63) is 123 Å². The molecule has 0 spiro atoms. The SMILES string of the molecule is CCc1ccccc1N1C(N)=C(C#N)C(c2cc(CSCc3ccccc3)c(C)cc2C)C2=C1CC(C)(C)CC2=O. The Balaban J connectivity index is 1.64. The predicted octanol–water partition coefficient (Wildman–Crippen LogP) is 8.24. The van der Waals surface area contributed by atoms with Crippen molar-refractivity contribution in [2.45, 2.75) is 71.3 Å². The van der Waals surface area contributed by atoms with Gasteiger partial charge in [-0.3, -0.25) is 9.69 Å². The van der Waals surface area contributed by atoms with Crippen molar-refractivity contribution in [3.8, 4) is 6.07 Å². The van der Waals surface area contributed by atoms with Crippen LogP contribution in [-0.4, -0.2) is 5.78 Å². The number of para-hydroxylation sites is 1. The molecule has 5 rings (SSSR count). The van der Waals surface area contributed by atoms with Crippen LogP contribution in [0.3, 0.4) is 0 Å². The lowest BCUT2D eigenvalue weighted by Crippen LogP contribution is -2.42. The maximum Gasteiger partial charge on any atom is 0.162 e. The summed E-state index contributed by atoms with van der Waals surface area (Å²) in [6.45, 7) is 10.6. The van der Waals surface area contributed by atoms with Crippen LogP contribution >= 0.6 is 11.8 Å². The molecule has 0 radical (unpaired) electrons. The molecule has 1 aliphatic carbocycles. The topological polar surface area (TPSA) is 70.1 Å². The Bertz CT molecular complexity index is 1590. The maximum atomic E-state index is 14.1. The largest absolute Gasteiger partial charge is 0.384 e. The third-order valence-corrected chi connectivity index (χ3v) is 9.45. The van der Waals surface area contributed by atoms with E-state index in [4.69, 9.17) is 5.73 Å². The number of anilines is 1. The van der Waals surface area contributed by atoms with Gasteiger partial charge in [0, 0.05) is 29.2 Å². The first-order valence-corrected chi connectivity index (χ1v) is 15.6. The van der Waals surface area contributed by atoms with Crippen molar-refractivity contribution >= 4 is 23.2 Å². The fourth-order valence-electron chi connectivity index (χ4n) is 6.36. The van der Waals surface area contributed by atoms with E-state index in [0.717, 1.165) is 51.6 Å². The lowest BCUT2D eigenvalue weighted by Gasteiger charge is -2.44. The molecule has 1 aliphatic heterocycles. The van der Waals surface area contributed by atoms with E-state index in [1.807, 2.05) is 34.9 Å². The number of carbonyl (C=O) groups is 1. The minimum atomic E-state index is -0.470. The van der Waals surface area contributed by atoms with Crippen molar-refractivity contribution in [2.75, 3.05) is 4.90 Å². The molecule has 3 aromatic rings. The monoisotopic (exact) mass is 561 g/mol. The molecule has 0 fully saturated rings. The summed E-state index contributed by atoms with van der Waals surface area (Å²) in [6, 6.07) is 25.6. The average molecular weight is 562 g/mol. The summed E-state index contributed by atoms with van der Waals surface area (Å²) >= 11 is 1.88. The summed E-state index contributed by atoms with van der Waals surface area (Å²) in [5.41, 5.74) is 16.8. The minimum absolute atomic E-state index is 0.112. The second-order valence-electron chi connectivity index (χ2n) is 12.1. The molecule has 41 heavy (non-hydrogen) atoms. The predicted molar refractivity (Wildman–Crippen MR) is 170 cm³/mol. The van der Waals surface area contributed by atoms with E-state index in [-0.39, 0.29) is 11.2 Å². The van der Waals surface area contributed by atoms with Gasteiger partial charge in [-0.15, -0.1) is 0 Å². The smallest absolute Gasteiger partial charge is 0.162 e. The lowest BCUT2D eigenvalue weighted by molar-refractivity contribution is -0.118. The number of ketones is 1. The fourth-order valence-corrected chi connectivity index (χ4v) is 7.42. The molecular weight excluding hydrogens is 522 g/mol. The van der Waals surface area contributed by atoms with E-state index >= 15 is 0 Å². The third kappa shape index (κ3) is 5.59. The van der Waals surface area contributed by atoms with Gasteiger partial charge in [0.05, 0.1) is 23.2 Å². The molecule has 1 atom stereocenters. The van der Waals surface area contributed by atoms with Gasteiger partial charge in [0.1, 0.15) is 5.82 Å². The van der Waals surface area contributed by atoms with E-state index < -0.39 is 5.92 Å². The highest BCUT2D eigenvalue weighted by atomic mass is 32.2. The number of rotatable bonds is 7. The van der Waals surface area contributed by atoms with Crippen LogP contribution in [0.1, 0.15) is 72.9 Å². The molecule has 0 amide bonds. The summed E-state index contributed by atoms with van der Waals surface area (Å²) in [5, 5.41) is 10.6. The van der Waals surface area contributed by atoms with Gasteiger partial charge < -0.3 is 5.73 Å². The minimum Gasteiger partial charge on any atom is -0.384 e. The van der Waals surface area contributed by atoms with Crippen molar-refractivity contribution in [3.63, 3.8) is 0 Å². The number of nitrogens with two attached hydrogens (primary N) is 1. The number of benzene rings is 3. The Labute approximate surface area is 249 Å². The first kappa shape index (κ1) is 28.8. The second-order valence-corrected chi connectivity index (χ2v) is 13.1. The van der Waals surface area contributed by atoms with Gasteiger partial charge in [0.15, 0.2) is 5.78 Å². The zero-order valence-corrected chi connectivity index (χ0v) is 25.6. The number of thioether (sulfide) groups is 1. The first-order chi connectivity index (χ1) is 19.6. The average Bonchev–Trinajstić information content (AvgIpc) is 2.94. The summed E-state index contributed by atoms with van der Waals surface area (Å²) in [6.07, 6.45) is 1.99. The zero-order chi connectivity index (χ0) is 29.3. The molecule has 0 bridgehead atoms. The number of aryl methyl sites for hydroxylation is 3. The molecule has 210 valence electrons. The van der Waals surface area contributed by atoms with Gasteiger partial charge >= 0.3 is 0 Å². The third-order valence-electron chi connectivity index (χ3n) is 8.40. The van der Waals surface area contributed by atoms with E-state index in [1.165, 1.54) is 16.7 Å². The number of Topliss-reactive ketones (excluding diaryl/α,β-unsaturated/α-hetero) is 1. The van der Waals surface area contributed by atoms with Crippen LogP contribution in [0, 0.1) is 30.6 Å². The quantitative estimate of drug-likeness (QED) is 0.315. The second kappa shape index (κ2) is 11.6. The van der Waals surface area contributed by atoms with E-state index in [2.05, 4.69) is 89.2 Å². The Morgan fingerprint density at radius 2 is 1.68 bits per heavy atom. The van der Waals surface area contributed by atoms with Gasteiger partial charge in [-0.1, -0.05) is 81.4 Å². The normalized spacial score (nSPS) is 18.4. The van der Waals surface area contributed by atoms with Crippen molar-refractivity contribution in [1.29, 1.82) is 5.26 Å². The highest BCUT2D eigenvalue weighted by Gasteiger charge is 2.45. The van der Waals surface area contributed by atoms with Crippen LogP contribution in [0.4, 0.5) is 5.69 Å². The maximum absolute atomic E-state index is 14.1. The molecule has 3 aromatic carbocycles. The van der Waals surface area contributed by atoms with E-state index in [9.17, 15) is 10.1 Å². The van der Waals surface area contributed by atoms with Crippen LogP contribution in [-0.2, 0) is 22.7 Å². The number of hydrogen-bond acceptors (Lipinski definition) is 5. The van der Waals surface area contributed by atoms with Crippen LogP contribution in [0.15, 0.2) is 89.4 Å². The van der Waals surface area contributed by atoms with Gasteiger partial charge in [0.25, 0.3) is 0 Å². The van der Waals surface area contributed by atoms with Crippen LogP contribution < -0.4 is 10.6 Å². The Morgan fingerprint density at radius 1 is 0.976 bits per heavy atom. The molecule has 1 unspecified atom stereocenters. The molecule has 4 nitrogen and oxygen atoms in total. The van der Waals surface area contributed by atoms with Crippen molar-refractivity contribution in [1.82, 2.24) is 0 Å². The molecule has 2 N–H and O–H groups in total. The number of hydrogen-bond donors (Lipinski definition) is 1. The first-order valence-electron chi connectivity index (χ1n) is 14.4. The number of nitriles is 1. The molecule has 5 heteroatoms. The molecule has 1 heterocycles. The molecular formula is C36H39N3OS.